The topological polar surface area (TPSA) is 94.3 Å². The van der Waals surface area contributed by atoms with Gasteiger partial charge in [0.15, 0.2) is 0 Å². The second kappa shape index (κ2) is 10.5. The molecule has 3 heterocycles. The van der Waals surface area contributed by atoms with Crippen molar-refractivity contribution in [2.24, 2.45) is 7.05 Å². The summed E-state index contributed by atoms with van der Waals surface area (Å²) in [7, 11) is 1.70. The molecule has 1 aliphatic rings. The molecule has 9 heteroatoms. The zero-order valence-electron chi connectivity index (χ0n) is 22.8. The minimum atomic E-state index is -0.363. The summed E-state index contributed by atoms with van der Waals surface area (Å²) in [4.78, 5) is 34.8. The number of nitriles is 1. The molecule has 1 fully saturated rings. The van der Waals surface area contributed by atoms with Crippen LogP contribution in [-0.4, -0.2) is 51.1 Å². The highest BCUT2D eigenvalue weighted by molar-refractivity contribution is 5.89. The number of rotatable bonds is 5. The molecule has 0 radical (unpaired) electrons. The number of hydrogen-bond donors (Lipinski definition) is 1. The zero-order valence-corrected chi connectivity index (χ0v) is 22.8. The summed E-state index contributed by atoms with van der Waals surface area (Å²) in [5.74, 6) is -0.389. The van der Waals surface area contributed by atoms with Crippen LogP contribution < -0.4 is 15.8 Å². The van der Waals surface area contributed by atoms with Crippen molar-refractivity contribution in [3.63, 3.8) is 0 Å². The second-order valence-corrected chi connectivity index (χ2v) is 11.2. The van der Waals surface area contributed by atoms with Crippen LogP contribution in [0.2, 0.25) is 0 Å². The van der Waals surface area contributed by atoms with Gasteiger partial charge in [0.2, 0.25) is 5.91 Å². The molecule has 1 unspecified atom stereocenters. The summed E-state index contributed by atoms with van der Waals surface area (Å²) in [6.45, 7) is 11.2. The number of halogens is 1. The number of fused-ring (bicyclic) bond motifs is 1. The van der Waals surface area contributed by atoms with Crippen LogP contribution in [0.4, 0.5) is 10.1 Å². The van der Waals surface area contributed by atoms with Crippen LogP contribution in [0, 0.1) is 17.1 Å². The molecule has 1 N–H and O–H groups in total. The van der Waals surface area contributed by atoms with Crippen LogP contribution in [0.25, 0.3) is 11.0 Å². The second-order valence-electron chi connectivity index (χ2n) is 11.2. The van der Waals surface area contributed by atoms with E-state index in [1.54, 1.807) is 37.4 Å². The van der Waals surface area contributed by atoms with Crippen molar-refractivity contribution in [1.29, 1.82) is 5.26 Å². The highest BCUT2D eigenvalue weighted by atomic mass is 19.1. The van der Waals surface area contributed by atoms with E-state index in [0.29, 0.717) is 29.8 Å². The third-order valence-electron chi connectivity index (χ3n) is 7.08. The smallest absolute Gasteiger partial charge is 0.252 e. The lowest BCUT2D eigenvalue weighted by atomic mass is 9.96. The van der Waals surface area contributed by atoms with Gasteiger partial charge in [0, 0.05) is 56.3 Å². The van der Waals surface area contributed by atoms with Gasteiger partial charge in [-0.2, -0.15) is 5.26 Å². The molecule has 1 amide bonds. The standard InChI is InChI=1S/C29H35FN6O2/c1-18-17-36(25-14-27(38)34(6)23-12-11-22(15-31)32-28(23)25)19(2)16-35(18)24(13-26(37)33-29(3,4)5)20-7-9-21(30)10-8-20/h7-12,14,18-19,24H,13,16-17H2,1-6H3,(H,33,37)/t18-,19+,24?/m1/s1. The minimum Gasteiger partial charge on any atom is -0.364 e. The first-order valence-electron chi connectivity index (χ1n) is 12.9. The zero-order chi connectivity index (χ0) is 27.8. The number of pyridine rings is 2. The molecule has 1 aromatic carbocycles. The Bertz CT molecular complexity index is 1440. The summed E-state index contributed by atoms with van der Waals surface area (Å²) >= 11 is 0. The van der Waals surface area contributed by atoms with Gasteiger partial charge in [-0.05, 0) is 64.4 Å². The maximum Gasteiger partial charge on any atom is 0.252 e. The number of benzene rings is 1. The molecule has 0 saturated carbocycles. The maximum atomic E-state index is 13.7. The van der Waals surface area contributed by atoms with Gasteiger partial charge in [-0.15, -0.1) is 0 Å². The van der Waals surface area contributed by atoms with E-state index < -0.39 is 0 Å². The Labute approximate surface area is 222 Å². The number of nitrogens with one attached hydrogen (secondary N) is 1. The number of carbonyl (C=O) groups excluding carboxylic acids is 1. The molecule has 0 spiro atoms. The number of aryl methyl sites for hydroxylation is 1. The summed E-state index contributed by atoms with van der Waals surface area (Å²) in [5, 5.41) is 12.5. The van der Waals surface area contributed by atoms with Crippen LogP contribution in [0.1, 0.15) is 58.3 Å². The van der Waals surface area contributed by atoms with Crippen LogP contribution >= 0.6 is 0 Å². The Morgan fingerprint density at radius 1 is 1.16 bits per heavy atom. The molecule has 0 bridgehead atoms. The molecule has 200 valence electrons. The number of nitrogens with zero attached hydrogens (tertiary/aromatic N) is 5. The van der Waals surface area contributed by atoms with Gasteiger partial charge >= 0.3 is 0 Å². The van der Waals surface area contributed by atoms with Crippen LogP contribution in [0.15, 0.2) is 47.3 Å². The molecule has 3 aromatic rings. The van der Waals surface area contributed by atoms with Crippen molar-refractivity contribution >= 4 is 22.6 Å². The van der Waals surface area contributed by atoms with Gasteiger partial charge in [-0.3, -0.25) is 14.5 Å². The molecule has 38 heavy (non-hydrogen) atoms. The van der Waals surface area contributed by atoms with Gasteiger partial charge in [0.25, 0.3) is 5.56 Å². The van der Waals surface area contributed by atoms with Crippen molar-refractivity contribution in [2.45, 2.75) is 64.7 Å². The van der Waals surface area contributed by atoms with Crippen molar-refractivity contribution in [3.05, 3.63) is 69.9 Å². The van der Waals surface area contributed by atoms with E-state index in [1.807, 2.05) is 20.8 Å². The first kappa shape index (κ1) is 27.3. The number of aromatic nitrogens is 2. The third-order valence-corrected chi connectivity index (χ3v) is 7.08. The Morgan fingerprint density at radius 3 is 2.47 bits per heavy atom. The maximum absolute atomic E-state index is 13.7. The molecular formula is C29H35FN6O2. The minimum absolute atomic E-state index is 0.00180. The Balaban J connectivity index is 1.69. The highest BCUT2D eigenvalue weighted by Crippen LogP contribution is 2.34. The quantitative estimate of drug-likeness (QED) is 0.551. The van der Waals surface area contributed by atoms with Crippen molar-refractivity contribution < 1.29 is 9.18 Å². The van der Waals surface area contributed by atoms with Crippen LogP contribution in [-0.2, 0) is 11.8 Å². The van der Waals surface area contributed by atoms with Gasteiger partial charge in [0.05, 0.1) is 11.2 Å². The van der Waals surface area contributed by atoms with Crippen molar-refractivity contribution in [3.8, 4) is 6.07 Å². The molecule has 0 aliphatic carbocycles. The number of carbonyl (C=O) groups is 1. The predicted octanol–water partition coefficient (Wildman–Crippen LogP) is 3.89. The average Bonchev–Trinajstić information content (AvgIpc) is 2.85. The molecule has 3 atom stereocenters. The van der Waals surface area contributed by atoms with Gasteiger partial charge in [-0.1, -0.05) is 12.1 Å². The Hall–Kier alpha value is -3.77. The van der Waals surface area contributed by atoms with E-state index in [2.05, 4.69) is 40.0 Å². The summed E-state index contributed by atoms with van der Waals surface area (Å²) in [6, 6.07) is 13.1. The molecular weight excluding hydrogens is 483 g/mol. The van der Waals surface area contributed by atoms with Crippen molar-refractivity contribution in [1.82, 2.24) is 19.8 Å². The fourth-order valence-corrected chi connectivity index (χ4v) is 5.27. The third kappa shape index (κ3) is 5.70. The van der Waals surface area contributed by atoms with E-state index >= 15 is 0 Å². The largest absolute Gasteiger partial charge is 0.364 e. The van der Waals surface area contributed by atoms with Crippen molar-refractivity contribution in [2.75, 3.05) is 18.0 Å². The van der Waals surface area contributed by atoms with E-state index in [0.717, 1.165) is 5.56 Å². The van der Waals surface area contributed by atoms with E-state index in [-0.39, 0.29) is 53.1 Å². The fourth-order valence-electron chi connectivity index (χ4n) is 5.27. The predicted molar refractivity (Wildman–Crippen MR) is 146 cm³/mol. The van der Waals surface area contributed by atoms with Gasteiger partial charge in [-0.25, -0.2) is 9.37 Å². The number of piperazine rings is 1. The average molecular weight is 519 g/mol. The normalized spacial score (nSPS) is 19.3. The number of anilines is 1. The number of amides is 1. The molecule has 4 rings (SSSR count). The number of hydrogen-bond acceptors (Lipinski definition) is 6. The van der Waals surface area contributed by atoms with Gasteiger partial charge in [0.1, 0.15) is 23.1 Å². The summed E-state index contributed by atoms with van der Waals surface area (Å²) < 4.78 is 15.3. The van der Waals surface area contributed by atoms with E-state index in [1.165, 1.54) is 16.7 Å². The Morgan fingerprint density at radius 2 is 1.84 bits per heavy atom. The molecule has 2 aromatic heterocycles. The Kier molecular flexibility index (Phi) is 7.56. The lowest BCUT2D eigenvalue weighted by Gasteiger charge is -2.48. The monoisotopic (exact) mass is 518 g/mol. The highest BCUT2D eigenvalue weighted by Gasteiger charge is 2.36. The SMILES string of the molecule is C[C@@H]1CN(c2cc(=O)n(C)c3ccc(C#N)nc23)[C@@H](C)CN1C(CC(=O)NC(C)(C)C)c1ccc(F)cc1. The van der Waals surface area contributed by atoms with E-state index in [4.69, 9.17) is 0 Å². The van der Waals surface area contributed by atoms with E-state index in [9.17, 15) is 19.2 Å². The summed E-state index contributed by atoms with van der Waals surface area (Å²) in [6.07, 6.45) is 0.238. The first-order valence-corrected chi connectivity index (χ1v) is 12.9. The lowest BCUT2D eigenvalue weighted by molar-refractivity contribution is -0.124. The van der Waals surface area contributed by atoms with Crippen LogP contribution in [0.5, 0.6) is 0 Å². The fraction of sp³-hybridized carbons (Fsp3) is 0.448. The molecule has 1 aliphatic heterocycles. The molecule has 8 nitrogen and oxygen atoms in total. The van der Waals surface area contributed by atoms with Gasteiger partial charge < -0.3 is 14.8 Å². The summed E-state index contributed by atoms with van der Waals surface area (Å²) in [5.41, 5.74) is 2.63. The first-order chi connectivity index (χ1) is 17.9. The molecule has 1 saturated heterocycles. The van der Waals surface area contributed by atoms with Crippen LogP contribution in [0.3, 0.4) is 0 Å². The lowest BCUT2D eigenvalue weighted by Crippen LogP contribution is -2.58.